The first-order chi connectivity index (χ1) is 11.8. The number of benzene rings is 2. The van der Waals surface area contributed by atoms with Crippen molar-refractivity contribution in [2.45, 2.75) is 13.1 Å². The lowest BCUT2D eigenvalue weighted by Crippen LogP contribution is -2.18. The summed E-state index contributed by atoms with van der Waals surface area (Å²) in [6.07, 6.45) is -4.62. The summed E-state index contributed by atoms with van der Waals surface area (Å²) in [6.45, 7) is 1.78. The molecule has 1 amide bonds. The van der Waals surface area contributed by atoms with E-state index in [0.29, 0.717) is 0 Å². The van der Waals surface area contributed by atoms with Gasteiger partial charge in [-0.05, 0) is 36.8 Å². The van der Waals surface area contributed by atoms with Crippen LogP contribution in [0.15, 0.2) is 57.7 Å². The minimum absolute atomic E-state index is 0.196. The van der Waals surface area contributed by atoms with Crippen LogP contribution in [-0.2, 0) is 6.18 Å². The number of alkyl halides is 3. The summed E-state index contributed by atoms with van der Waals surface area (Å²) in [5, 5.41) is 2.44. The van der Waals surface area contributed by atoms with Gasteiger partial charge in [0.25, 0.3) is 5.91 Å². The lowest BCUT2D eigenvalue weighted by atomic mass is 10.1. The van der Waals surface area contributed by atoms with E-state index in [0.717, 1.165) is 23.8 Å². The summed E-state index contributed by atoms with van der Waals surface area (Å²) in [6, 6.07) is 10.4. The Labute approximate surface area is 139 Å². The van der Waals surface area contributed by atoms with Crippen LogP contribution in [0.2, 0.25) is 0 Å². The Morgan fingerprint density at radius 3 is 2.52 bits per heavy atom. The van der Waals surface area contributed by atoms with E-state index in [1.54, 1.807) is 25.1 Å². The molecule has 1 heterocycles. The quantitative estimate of drug-likeness (QED) is 0.749. The zero-order valence-corrected chi connectivity index (χ0v) is 13.0. The number of nitrogens with one attached hydrogen (secondary N) is 1. The third-order valence-corrected chi connectivity index (χ3v) is 3.59. The lowest BCUT2D eigenvalue weighted by Gasteiger charge is -2.13. The highest BCUT2D eigenvalue weighted by Crippen LogP contribution is 2.34. The molecule has 0 saturated heterocycles. The summed E-state index contributed by atoms with van der Waals surface area (Å²) in [5.41, 5.74) is -0.831. The van der Waals surface area contributed by atoms with Gasteiger partial charge in [0.1, 0.15) is 5.58 Å². The molecule has 0 aliphatic heterocycles. The number of hydrogen-bond donors (Lipinski definition) is 1. The summed E-state index contributed by atoms with van der Waals surface area (Å²) < 4.78 is 44.4. The van der Waals surface area contributed by atoms with Crippen LogP contribution in [0.1, 0.15) is 21.7 Å². The maximum Gasteiger partial charge on any atom is 0.418 e. The molecule has 0 aliphatic carbocycles. The molecule has 0 atom stereocenters. The Kier molecular flexibility index (Phi) is 4.08. The van der Waals surface area contributed by atoms with Crippen LogP contribution in [0.25, 0.3) is 11.0 Å². The zero-order valence-electron chi connectivity index (χ0n) is 13.0. The summed E-state index contributed by atoms with van der Waals surface area (Å²) in [4.78, 5) is 24.3. The maximum absolute atomic E-state index is 13.0. The summed E-state index contributed by atoms with van der Waals surface area (Å²) >= 11 is 0. The number of anilines is 1. The van der Waals surface area contributed by atoms with Gasteiger partial charge in [-0.25, -0.2) is 0 Å². The molecule has 1 N–H and O–H groups in total. The van der Waals surface area contributed by atoms with E-state index in [9.17, 15) is 22.8 Å². The maximum atomic E-state index is 13.0. The van der Waals surface area contributed by atoms with Gasteiger partial charge in [-0.2, -0.15) is 13.2 Å². The second kappa shape index (κ2) is 6.08. The van der Waals surface area contributed by atoms with Crippen LogP contribution < -0.4 is 10.7 Å². The SMILES string of the molecule is Cc1ccc2c(=O)cc(C(=O)Nc3ccccc3C(F)(F)F)oc2c1. The first-order valence-corrected chi connectivity index (χ1v) is 7.28. The number of carbonyl (C=O) groups is 1. The average molecular weight is 347 g/mol. The molecule has 0 spiro atoms. The van der Waals surface area contributed by atoms with Crippen LogP contribution in [0.3, 0.4) is 0 Å². The molecule has 4 nitrogen and oxygen atoms in total. The molecule has 0 fully saturated rings. The fraction of sp³-hybridized carbons (Fsp3) is 0.111. The van der Waals surface area contributed by atoms with Gasteiger partial charge in [0.05, 0.1) is 16.6 Å². The largest absolute Gasteiger partial charge is 0.451 e. The van der Waals surface area contributed by atoms with Gasteiger partial charge in [-0.3, -0.25) is 9.59 Å². The second-order valence-electron chi connectivity index (χ2n) is 5.47. The molecular weight excluding hydrogens is 335 g/mol. The Bertz CT molecular complexity index is 1020. The molecule has 7 heteroatoms. The number of carbonyl (C=O) groups excluding carboxylic acids is 1. The lowest BCUT2D eigenvalue weighted by molar-refractivity contribution is -0.136. The normalized spacial score (nSPS) is 11.5. The summed E-state index contributed by atoms with van der Waals surface area (Å²) in [5.74, 6) is -1.29. The van der Waals surface area contributed by atoms with Crippen molar-refractivity contribution in [1.29, 1.82) is 0 Å². The molecule has 128 valence electrons. The number of amides is 1. The van der Waals surface area contributed by atoms with Gasteiger partial charge in [0, 0.05) is 6.07 Å². The van der Waals surface area contributed by atoms with Crippen molar-refractivity contribution >= 4 is 22.6 Å². The van der Waals surface area contributed by atoms with Gasteiger partial charge in [0.2, 0.25) is 0 Å². The van der Waals surface area contributed by atoms with Crippen molar-refractivity contribution in [3.63, 3.8) is 0 Å². The molecule has 3 rings (SSSR count). The predicted molar refractivity (Wildman–Crippen MR) is 86.6 cm³/mol. The minimum Gasteiger partial charge on any atom is -0.451 e. The van der Waals surface area contributed by atoms with E-state index in [-0.39, 0.29) is 16.7 Å². The fourth-order valence-electron chi connectivity index (χ4n) is 2.40. The highest BCUT2D eigenvalue weighted by atomic mass is 19.4. The third-order valence-electron chi connectivity index (χ3n) is 3.59. The van der Waals surface area contributed by atoms with E-state index in [1.165, 1.54) is 12.1 Å². The molecule has 0 bridgehead atoms. The van der Waals surface area contributed by atoms with Crippen molar-refractivity contribution < 1.29 is 22.4 Å². The molecule has 0 radical (unpaired) electrons. The molecule has 0 saturated carbocycles. The van der Waals surface area contributed by atoms with Gasteiger partial charge in [-0.15, -0.1) is 0 Å². The van der Waals surface area contributed by atoms with Crippen molar-refractivity contribution in [1.82, 2.24) is 0 Å². The number of halogens is 3. The van der Waals surface area contributed by atoms with Crippen molar-refractivity contribution in [2.24, 2.45) is 0 Å². The van der Waals surface area contributed by atoms with E-state index in [4.69, 9.17) is 4.42 Å². The predicted octanol–water partition coefficient (Wildman–Crippen LogP) is 4.37. The average Bonchev–Trinajstić information content (AvgIpc) is 2.53. The van der Waals surface area contributed by atoms with Crippen LogP contribution in [0.5, 0.6) is 0 Å². The van der Waals surface area contributed by atoms with E-state index in [2.05, 4.69) is 5.32 Å². The zero-order chi connectivity index (χ0) is 18.2. The van der Waals surface area contributed by atoms with Crippen molar-refractivity contribution in [3.05, 3.63) is 75.6 Å². The van der Waals surface area contributed by atoms with Gasteiger partial charge in [0.15, 0.2) is 11.2 Å². The second-order valence-corrected chi connectivity index (χ2v) is 5.47. The number of rotatable bonds is 2. The Balaban J connectivity index is 2.00. The first-order valence-electron chi connectivity index (χ1n) is 7.28. The fourth-order valence-corrected chi connectivity index (χ4v) is 2.40. The van der Waals surface area contributed by atoms with Gasteiger partial charge >= 0.3 is 6.18 Å². The minimum atomic E-state index is -4.62. The number of hydrogen-bond acceptors (Lipinski definition) is 3. The first kappa shape index (κ1) is 16.8. The standard InChI is InChI=1S/C18H12F3NO3/c1-10-6-7-11-14(23)9-16(25-15(11)8-10)17(24)22-13-5-3-2-4-12(13)18(19,20)21/h2-9H,1H3,(H,22,24). The van der Waals surface area contributed by atoms with Crippen LogP contribution in [0.4, 0.5) is 18.9 Å². The number of fused-ring (bicyclic) bond motifs is 1. The Morgan fingerprint density at radius 1 is 1.08 bits per heavy atom. The molecule has 0 aliphatic rings. The monoisotopic (exact) mass is 347 g/mol. The van der Waals surface area contributed by atoms with Crippen molar-refractivity contribution in [3.8, 4) is 0 Å². The smallest absolute Gasteiger partial charge is 0.418 e. The van der Waals surface area contributed by atoms with Crippen molar-refractivity contribution in [2.75, 3.05) is 5.32 Å². The highest BCUT2D eigenvalue weighted by molar-refractivity contribution is 6.03. The molecule has 25 heavy (non-hydrogen) atoms. The highest BCUT2D eigenvalue weighted by Gasteiger charge is 2.33. The third kappa shape index (κ3) is 3.40. The Hall–Kier alpha value is -3.09. The van der Waals surface area contributed by atoms with E-state index in [1.807, 2.05) is 0 Å². The molecular formula is C18H12F3NO3. The van der Waals surface area contributed by atoms with E-state index >= 15 is 0 Å². The molecule has 2 aromatic carbocycles. The van der Waals surface area contributed by atoms with E-state index < -0.39 is 28.8 Å². The number of aryl methyl sites for hydroxylation is 1. The van der Waals surface area contributed by atoms with Crippen LogP contribution in [-0.4, -0.2) is 5.91 Å². The van der Waals surface area contributed by atoms with Crippen LogP contribution >= 0.6 is 0 Å². The van der Waals surface area contributed by atoms with Crippen LogP contribution in [0, 0.1) is 6.92 Å². The molecule has 0 unspecified atom stereocenters. The summed E-state index contributed by atoms with van der Waals surface area (Å²) in [7, 11) is 0. The topological polar surface area (TPSA) is 59.3 Å². The van der Waals surface area contributed by atoms with Gasteiger partial charge < -0.3 is 9.73 Å². The molecule has 1 aromatic heterocycles. The van der Waals surface area contributed by atoms with Gasteiger partial charge in [-0.1, -0.05) is 18.2 Å². The Morgan fingerprint density at radius 2 is 1.80 bits per heavy atom. The molecule has 3 aromatic rings. The number of para-hydroxylation sites is 1.